The minimum atomic E-state index is 0. The minimum Gasteiger partial charge on any atom is -0.371 e. The first-order valence-electron chi connectivity index (χ1n) is 6.88. The Balaban J connectivity index is 0.000000667. The van der Waals surface area contributed by atoms with E-state index in [2.05, 4.69) is 35.0 Å². The van der Waals surface area contributed by atoms with Gasteiger partial charge in [-0.2, -0.15) is 0 Å². The zero-order valence-corrected chi connectivity index (χ0v) is 13.0. The molecule has 1 aromatic carbocycles. The first-order chi connectivity index (χ1) is 8.33. The van der Waals surface area contributed by atoms with E-state index in [0.717, 1.165) is 11.8 Å². The molecule has 3 aliphatic rings. The van der Waals surface area contributed by atoms with Gasteiger partial charge in [-0.05, 0) is 36.9 Å². The third kappa shape index (κ3) is 2.24. The van der Waals surface area contributed by atoms with Gasteiger partial charge in [0.25, 0.3) is 0 Å². The van der Waals surface area contributed by atoms with E-state index < -0.39 is 0 Å². The lowest BCUT2D eigenvalue weighted by molar-refractivity contribution is 0.393. The highest BCUT2D eigenvalue weighted by atomic mass is 35.5. The number of halogens is 2. The van der Waals surface area contributed by atoms with E-state index in [1.165, 1.54) is 39.0 Å². The van der Waals surface area contributed by atoms with Crippen LogP contribution in [0.4, 0.5) is 5.69 Å². The number of rotatable bonds is 0. The number of nitrogens with zero attached hydrogens (tertiary/aromatic N) is 2. The number of hydrogen-bond acceptors (Lipinski definition) is 2. The highest BCUT2D eigenvalue weighted by Gasteiger charge is 2.40. The molecule has 0 N–H and O–H groups in total. The van der Waals surface area contributed by atoms with Gasteiger partial charge in [0, 0.05) is 37.8 Å². The number of hydrogen-bond donors (Lipinski definition) is 0. The second-order valence-corrected chi connectivity index (χ2v) is 5.99. The summed E-state index contributed by atoms with van der Waals surface area (Å²) in [4.78, 5) is 5.17. The summed E-state index contributed by atoms with van der Waals surface area (Å²) in [6.45, 7) is 5.11. The molecule has 0 spiro atoms. The molecule has 4 heteroatoms. The maximum absolute atomic E-state index is 2.66. The zero-order valence-electron chi connectivity index (χ0n) is 11.3. The molecule has 0 aliphatic carbocycles. The Kier molecular flexibility index (Phi) is 4.34. The van der Waals surface area contributed by atoms with Crippen molar-refractivity contribution >= 4 is 30.5 Å². The molecule has 1 saturated heterocycles. The average molecular weight is 301 g/mol. The van der Waals surface area contributed by atoms with E-state index in [1.807, 2.05) is 0 Å². The second kappa shape index (κ2) is 5.51. The Hall–Kier alpha value is -0.440. The highest BCUT2D eigenvalue weighted by molar-refractivity contribution is 5.85. The van der Waals surface area contributed by atoms with Crippen molar-refractivity contribution in [2.45, 2.75) is 18.8 Å². The summed E-state index contributed by atoms with van der Waals surface area (Å²) in [6.07, 6.45) is 2.62. The smallest absolute Gasteiger partial charge is 0.0434 e. The van der Waals surface area contributed by atoms with E-state index in [-0.39, 0.29) is 24.8 Å². The van der Waals surface area contributed by atoms with Crippen LogP contribution in [0.3, 0.4) is 0 Å². The molecule has 0 amide bonds. The van der Waals surface area contributed by atoms with Crippen molar-refractivity contribution in [1.29, 1.82) is 0 Å². The van der Waals surface area contributed by atoms with Gasteiger partial charge in [-0.15, -0.1) is 24.8 Å². The van der Waals surface area contributed by atoms with Crippen LogP contribution in [0, 0.1) is 5.92 Å². The molecule has 1 fully saturated rings. The average Bonchev–Trinajstić information content (AvgIpc) is 2.70. The van der Waals surface area contributed by atoms with Gasteiger partial charge in [-0.3, -0.25) is 0 Å². The minimum absolute atomic E-state index is 0. The van der Waals surface area contributed by atoms with Crippen molar-refractivity contribution in [2.24, 2.45) is 5.92 Å². The summed E-state index contributed by atoms with van der Waals surface area (Å²) >= 11 is 0. The molecule has 0 unspecified atom stereocenters. The first kappa shape index (κ1) is 15.0. The molecule has 1 aromatic rings. The third-order valence-electron chi connectivity index (χ3n) is 4.82. The lowest BCUT2D eigenvalue weighted by Crippen LogP contribution is -2.40. The molecule has 0 bridgehead atoms. The number of anilines is 1. The quantitative estimate of drug-likeness (QED) is 0.727. The maximum Gasteiger partial charge on any atom is 0.0434 e. The van der Waals surface area contributed by atoms with Crippen LogP contribution in [0.1, 0.15) is 23.5 Å². The van der Waals surface area contributed by atoms with Crippen molar-refractivity contribution in [2.75, 3.05) is 38.1 Å². The van der Waals surface area contributed by atoms with Gasteiger partial charge >= 0.3 is 0 Å². The van der Waals surface area contributed by atoms with Gasteiger partial charge < -0.3 is 9.80 Å². The van der Waals surface area contributed by atoms with Crippen molar-refractivity contribution < 1.29 is 0 Å². The van der Waals surface area contributed by atoms with Gasteiger partial charge in [0.05, 0.1) is 0 Å². The number of likely N-dealkylation sites (N-methyl/N-ethyl adjacent to an activating group) is 1. The van der Waals surface area contributed by atoms with E-state index in [1.54, 1.807) is 16.8 Å². The van der Waals surface area contributed by atoms with E-state index in [4.69, 9.17) is 0 Å². The summed E-state index contributed by atoms with van der Waals surface area (Å²) in [6, 6.07) is 7.00. The fourth-order valence-electron chi connectivity index (χ4n) is 4.16. The van der Waals surface area contributed by atoms with Gasteiger partial charge in [0.15, 0.2) is 0 Å². The molecular formula is C15H22Cl2N2. The molecule has 3 heterocycles. The highest BCUT2D eigenvalue weighted by Crippen LogP contribution is 2.45. The Bertz CT molecular complexity index is 463. The molecule has 0 radical (unpaired) electrons. The maximum atomic E-state index is 2.66. The Morgan fingerprint density at radius 2 is 1.95 bits per heavy atom. The number of fused-ring (bicyclic) bond motifs is 2. The Labute approximate surface area is 128 Å². The normalized spacial score (nSPS) is 27.9. The van der Waals surface area contributed by atoms with Crippen molar-refractivity contribution in [3.05, 3.63) is 29.3 Å². The zero-order chi connectivity index (χ0) is 11.4. The lowest BCUT2D eigenvalue weighted by Gasteiger charge is -2.41. The molecular weight excluding hydrogens is 279 g/mol. The van der Waals surface area contributed by atoms with Crippen LogP contribution in [0.25, 0.3) is 0 Å². The summed E-state index contributed by atoms with van der Waals surface area (Å²) in [5.74, 6) is 1.66. The van der Waals surface area contributed by atoms with Crippen LogP contribution >= 0.6 is 24.8 Å². The summed E-state index contributed by atoms with van der Waals surface area (Å²) in [5.41, 5.74) is 4.85. The SMILES string of the molecule is CN1C[C@@H]2CN3CCCc4cccc(c43)[C@@H]2C1.Cl.Cl. The summed E-state index contributed by atoms with van der Waals surface area (Å²) < 4.78 is 0. The predicted octanol–water partition coefficient (Wildman–Crippen LogP) is 2.94. The largest absolute Gasteiger partial charge is 0.371 e. The Morgan fingerprint density at radius 3 is 2.79 bits per heavy atom. The van der Waals surface area contributed by atoms with Crippen LogP contribution in [0.5, 0.6) is 0 Å². The van der Waals surface area contributed by atoms with Gasteiger partial charge in [0.2, 0.25) is 0 Å². The molecule has 4 rings (SSSR count). The molecule has 2 nitrogen and oxygen atoms in total. The molecule has 106 valence electrons. The van der Waals surface area contributed by atoms with Gasteiger partial charge in [-0.25, -0.2) is 0 Å². The summed E-state index contributed by atoms with van der Waals surface area (Å²) in [5, 5.41) is 0. The number of aryl methyl sites for hydroxylation is 1. The van der Waals surface area contributed by atoms with E-state index in [9.17, 15) is 0 Å². The topological polar surface area (TPSA) is 6.48 Å². The number of benzene rings is 1. The van der Waals surface area contributed by atoms with Crippen molar-refractivity contribution in [1.82, 2.24) is 4.90 Å². The molecule has 0 aromatic heterocycles. The molecule has 19 heavy (non-hydrogen) atoms. The standard InChI is InChI=1S/C15H20N2.2ClH/c1-16-8-12-9-17-7-3-5-11-4-2-6-13(15(11)17)14(12)10-16;;/h2,4,6,12,14H,3,5,7-10H2,1H3;2*1H/t12-,14-;;/m1../s1. The first-order valence-corrected chi connectivity index (χ1v) is 6.88. The molecule has 2 atom stereocenters. The Morgan fingerprint density at radius 1 is 1.11 bits per heavy atom. The third-order valence-corrected chi connectivity index (χ3v) is 4.82. The van der Waals surface area contributed by atoms with Crippen LogP contribution in [0.2, 0.25) is 0 Å². The fourth-order valence-corrected chi connectivity index (χ4v) is 4.16. The number of likely N-dealkylation sites (tertiary alicyclic amines) is 1. The van der Waals surface area contributed by atoms with Crippen molar-refractivity contribution in [3.8, 4) is 0 Å². The molecule has 0 saturated carbocycles. The van der Waals surface area contributed by atoms with Crippen LogP contribution in [-0.4, -0.2) is 38.1 Å². The monoisotopic (exact) mass is 300 g/mol. The van der Waals surface area contributed by atoms with Crippen LogP contribution in [-0.2, 0) is 6.42 Å². The van der Waals surface area contributed by atoms with Crippen molar-refractivity contribution in [3.63, 3.8) is 0 Å². The number of para-hydroxylation sites is 1. The van der Waals surface area contributed by atoms with Crippen LogP contribution < -0.4 is 4.90 Å². The van der Waals surface area contributed by atoms with Gasteiger partial charge in [-0.1, -0.05) is 18.2 Å². The van der Waals surface area contributed by atoms with Crippen LogP contribution in [0.15, 0.2) is 18.2 Å². The van der Waals surface area contributed by atoms with E-state index >= 15 is 0 Å². The summed E-state index contributed by atoms with van der Waals surface area (Å²) in [7, 11) is 2.27. The lowest BCUT2D eigenvalue weighted by atomic mass is 9.80. The molecule has 3 aliphatic heterocycles. The van der Waals surface area contributed by atoms with E-state index in [0.29, 0.717) is 0 Å². The fraction of sp³-hybridized carbons (Fsp3) is 0.600. The second-order valence-electron chi connectivity index (χ2n) is 5.99. The predicted molar refractivity (Wildman–Crippen MR) is 85.2 cm³/mol. The van der Waals surface area contributed by atoms with Gasteiger partial charge in [0.1, 0.15) is 0 Å².